The second-order valence-electron chi connectivity index (χ2n) is 6.34. The molecule has 0 aromatic heterocycles. The van der Waals surface area contributed by atoms with E-state index in [-0.39, 0.29) is 13.2 Å². The summed E-state index contributed by atoms with van der Waals surface area (Å²) in [5, 5.41) is 2.63. The zero-order chi connectivity index (χ0) is 20.9. The molecule has 2 aromatic rings. The highest BCUT2D eigenvalue weighted by Crippen LogP contribution is 2.25. The number of ether oxygens (including phenoxy) is 1. The van der Waals surface area contributed by atoms with Crippen molar-refractivity contribution in [1.29, 1.82) is 0 Å². The first-order valence-corrected chi connectivity index (χ1v) is 10.6. The van der Waals surface area contributed by atoms with Crippen molar-refractivity contribution in [3.63, 3.8) is 0 Å². The number of hydrogen-bond donors (Lipinski definition) is 1. The molecule has 0 saturated carbocycles. The Morgan fingerprint density at radius 1 is 1.11 bits per heavy atom. The number of benzene rings is 2. The lowest BCUT2D eigenvalue weighted by molar-refractivity contribution is -0.114. The minimum Gasteiger partial charge on any atom is -0.462 e. The van der Waals surface area contributed by atoms with Crippen LogP contribution in [0.3, 0.4) is 0 Å². The monoisotopic (exact) mass is 404 g/mol. The summed E-state index contributed by atoms with van der Waals surface area (Å²) in [4.78, 5) is 24.3. The van der Waals surface area contributed by atoms with Crippen molar-refractivity contribution in [2.24, 2.45) is 0 Å². The smallest absolute Gasteiger partial charge is 0.338 e. The van der Waals surface area contributed by atoms with E-state index >= 15 is 0 Å². The molecule has 0 aliphatic carbocycles. The van der Waals surface area contributed by atoms with Crippen molar-refractivity contribution in [1.82, 2.24) is 0 Å². The zero-order valence-corrected chi connectivity index (χ0v) is 17.2. The van der Waals surface area contributed by atoms with Gasteiger partial charge in [-0.3, -0.25) is 9.10 Å². The quantitative estimate of drug-likeness (QED) is 0.717. The molecular weight excluding hydrogens is 380 g/mol. The third kappa shape index (κ3) is 5.32. The first-order valence-electron chi connectivity index (χ1n) is 8.74. The summed E-state index contributed by atoms with van der Waals surface area (Å²) in [5.74, 6) is -1.01. The maximum absolute atomic E-state index is 12.5. The number of carbonyl (C=O) groups is 2. The zero-order valence-electron chi connectivity index (χ0n) is 16.4. The summed E-state index contributed by atoms with van der Waals surface area (Å²) in [7, 11) is -3.68. The molecule has 0 aliphatic rings. The largest absolute Gasteiger partial charge is 0.462 e. The molecule has 2 rings (SSSR count). The van der Waals surface area contributed by atoms with Gasteiger partial charge in [-0.15, -0.1) is 0 Å². The number of anilines is 2. The fourth-order valence-corrected chi connectivity index (χ4v) is 3.56. The summed E-state index contributed by atoms with van der Waals surface area (Å²) in [5.41, 5.74) is 2.84. The molecule has 7 nitrogen and oxygen atoms in total. The molecule has 0 heterocycles. The van der Waals surface area contributed by atoms with Crippen LogP contribution in [0.4, 0.5) is 11.4 Å². The molecule has 1 amide bonds. The molecule has 1 N–H and O–H groups in total. The van der Waals surface area contributed by atoms with Gasteiger partial charge in [0.25, 0.3) is 0 Å². The van der Waals surface area contributed by atoms with E-state index in [2.05, 4.69) is 5.32 Å². The van der Waals surface area contributed by atoms with Gasteiger partial charge >= 0.3 is 5.97 Å². The maximum atomic E-state index is 12.5. The molecule has 2 aromatic carbocycles. The van der Waals surface area contributed by atoms with E-state index < -0.39 is 21.9 Å². The summed E-state index contributed by atoms with van der Waals surface area (Å²) >= 11 is 0. The minimum atomic E-state index is -3.68. The number of esters is 1. The maximum Gasteiger partial charge on any atom is 0.338 e. The van der Waals surface area contributed by atoms with Crippen LogP contribution in [0.15, 0.2) is 42.5 Å². The van der Waals surface area contributed by atoms with Crippen LogP contribution in [0, 0.1) is 13.8 Å². The predicted molar refractivity (Wildman–Crippen MR) is 109 cm³/mol. The molecule has 0 bridgehead atoms. The van der Waals surface area contributed by atoms with Gasteiger partial charge in [0.15, 0.2) is 0 Å². The molecule has 0 saturated heterocycles. The molecule has 0 spiro atoms. The van der Waals surface area contributed by atoms with Crippen LogP contribution in [0.1, 0.15) is 28.4 Å². The van der Waals surface area contributed by atoms with Gasteiger partial charge in [-0.2, -0.15) is 0 Å². The predicted octanol–water partition coefficient (Wildman–Crippen LogP) is 2.88. The number of hydrogen-bond acceptors (Lipinski definition) is 5. The summed E-state index contributed by atoms with van der Waals surface area (Å²) < 4.78 is 30.6. The lowest BCUT2D eigenvalue weighted by Gasteiger charge is -2.24. The van der Waals surface area contributed by atoms with E-state index in [1.807, 2.05) is 19.9 Å². The fourth-order valence-electron chi connectivity index (χ4n) is 2.66. The van der Waals surface area contributed by atoms with Gasteiger partial charge in [0.2, 0.25) is 15.9 Å². The van der Waals surface area contributed by atoms with Gasteiger partial charge in [0, 0.05) is 5.69 Å². The Morgan fingerprint density at radius 3 is 2.43 bits per heavy atom. The normalized spacial score (nSPS) is 11.0. The minimum absolute atomic E-state index is 0.245. The SMILES string of the molecule is CCOC(=O)c1cccc(NC(=O)CN(c2cccc(C)c2C)S(C)(=O)=O)c1. The average Bonchev–Trinajstić information content (AvgIpc) is 2.62. The van der Waals surface area contributed by atoms with Crippen LogP contribution in [-0.4, -0.2) is 39.7 Å². The second-order valence-corrected chi connectivity index (χ2v) is 8.24. The summed E-state index contributed by atoms with van der Waals surface area (Å²) in [6.45, 7) is 5.25. The molecule has 0 atom stereocenters. The molecule has 0 aliphatic heterocycles. The van der Waals surface area contributed by atoms with E-state index in [1.165, 1.54) is 6.07 Å². The Morgan fingerprint density at radius 2 is 1.79 bits per heavy atom. The standard InChI is InChI=1S/C20H24N2O5S/c1-5-27-20(24)16-9-7-10-17(12-16)21-19(23)13-22(28(4,25)26)18-11-6-8-14(2)15(18)3/h6-12H,5,13H2,1-4H3,(H,21,23). The van der Waals surface area contributed by atoms with Crippen molar-refractivity contribution in [2.45, 2.75) is 20.8 Å². The summed E-state index contributed by atoms with van der Waals surface area (Å²) in [6, 6.07) is 11.6. The molecule has 0 unspecified atom stereocenters. The van der Waals surface area contributed by atoms with Crippen molar-refractivity contribution < 1.29 is 22.7 Å². The Bertz CT molecular complexity index is 986. The molecule has 8 heteroatoms. The first-order chi connectivity index (χ1) is 13.1. The van der Waals surface area contributed by atoms with E-state index in [1.54, 1.807) is 37.3 Å². The Kier molecular flexibility index (Phi) is 6.80. The van der Waals surface area contributed by atoms with Gasteiger partial charge in [-0.25, -0.2) is 13.2 Å². The molecule has 0 fully saturated rings. The third-order valence-corrected chi connectivity index (χ3v) is 5.32. The van der Waals surface area contributed by atoms with Crippen molar-refractivity contribution in [3.05, 3.63) is 59.2 Å². The van der Waals surface area contributed by atoms with Gasteiger partial charge in [-0.05, 0) is 56.2 Å². The number of carbonyl (C=O) groups excluding carboxylic acids is 2. The van der Waals surface area contributed by atoms with E-state index in [9.17, 15) is 18.0 Å². The van der Waals surface area contributed by atoms with E-state index in [0.29, 0.717) is 16.9 Å². The topological polar surface area (TPSA) is 92.8 Å². The lowest BCUT2D eigenvalue weighted by Crippen LogP contribution is -2.38. The highest BCUT2D eigenvalue weighted by Gasteiger charge is 2.23. The van der Waals surface area contributed by atoms with Crippen LogP contribution in [-0.2, 0) is 19.6 Å². The van der Waals surface area contributed by atoms with Gasteiger partial charge < -0.3 is 10.1 Å². The summed E-state index contributed by atoms with van der Waals surface area (Å²) in [6.07, 6.45) is 1.06. The van der Waals surface area contributed by atoms with Crippen LogP contribution < -0.4 is 9.62 Å². The van der Waals surface area contributed by atoms with E-state index in [0.717, 1.165) is 21.7 Å². The van der Waals surface area contributed by atoms with Gasteiger partial charge in [0.05, 0.1) is 24.1 Å². The number of aryl methyl sites for hydroxylation is 1. The lowest BCUT2D eigenvalue weighted by atomic mass is 10.1. The van der Waals surface area contributed by atoms with Crippen LogP contribution >= 0.6 is 0 Å². The first kappa shape index (κ1) is 21.4. The highest BCUT2D eigenvalue weighted by molar-refractivity contribution is 7.92. The number of nitrogens with zero attached hydrogens (tertiary/aromatic N) is 1. The number of rotatable bonds is 7. The number of amides is 1. The molecular formula is C20H24N2O5S. The average molecular weight is 404 g/mol. The van der Waals surface area contributed by atoms with Gasteiger partial charge in [-0.1, -0.05) is 18.2 Å². The van der Waals surface area contributed by atoms with Crippen LogP contribution in [0.2, 0.25) is 0 Å². The number of sulfonamides is 1. The number of nitrogens with one attached hydrogen (secondary N) is 1. The second kappa shape index (κ2) is 8.88. The molecule has 150 valence electrons. The Labute approximate surface area is 165 Å². The van der Waals surface area contributed by atoms with Crippen molar-refractivity contribution >= 4 is 33.3 Å². The highest BCUT2D eigenvalue weighted by atomic mass is 32.2. The fraction of sp³-hybridized carbons (Fsp3) is 0.300. The Balaban J connectivity index is 2.23. The van der Waals surface area contributed by atoms with Crippen LogP contribution in [0.5, 0.6) is 0 Å². The van der Waals surface area contributed by atoms with Gasteiger partial charge in [0.1, 0.15) is 6.54 Å². The van der Waals surface area contributed by atoms with E-state index in [4.69, 9.17) is 4.74 Å². The van der Waals surface area contributed by atoms with Crippen molar-refractivity contribution in [2.75, 3.05) is 29.0 Å². The van der Waals surface area contributed by atoms with Crippen molar-refractivity contribution in [3.8, 4) is 0 Å². The third-order valence-electron chi connectivity index (χ3n) is 4.19. The molecule has 0 radical (unpaired) electrons. The van der Waals surface area contributed by atoms with Crippen LogP contribution in [0.25, 0.3) is 0 Å². The molecule has 28 heavy (non-hydrogen) atoms. The Hall–Kier alpha value is -2.87.